The first-order chi connectivity index (χ1) is 18.6. The van der Waals surface area contributed by atoms with Crippen molar-refractivity contribution in [2.75, 3.05) is 18.7 Å². The SMILES string of the molecule is CCCOC(=O)C(C)(C)NP(=O)(COC(C)Cn1cnc2c(N)ncnc21)NC(C)c1ccc(C(F)(F)F)cc1. The molecule has 0 radical (unpaired) electrons. The molecule has 0 aliphatic rings. The Balaban J connectivity index is 1.78. The summed E-state index contributed by atoms with van der Waals surface area (Å²) in [4.78, 5) is 25.0. The second kappa shape index (κ2) is 12.6. The van der Waals surface area contributed by atoms with E-state index < -0.39 is 42.8 Å². The Morgan fingerprint density at radius 3 is 2.45 bits per heavy atom. The molecule has 1 aromatic carbocycles. The molecule has 0 aliphatic carbocycles. The van der Waals surface area contributed by atoms with Crippen LogP contribution in [-0.2, 0) is 31.6 Å². The molecule has 0 bridgehead atoms. The largest absolute Gasteiger partial charge is 0.464 e. The third-order valence-corrected chi connectivity index (χ3v) is 8.21. The predicted molar refractivity (Wildman–Crippen MR) is 144 cm³/mol. The minimum Gasteiger partial charge on any atom is -0.464 e. The molecular formula is C25H35F3N7O4P. The summed E-state index contributed by atoms with van der Waals surface area (Å²) < 4.78 is 66.1. The minimum atomic E-state index is -4.47. The van der Waals surface area contributed by atoms with Crippen LogP contribution in [0.25, 0.3) is 11.2 Å². The lowest BCUT2D eigenvalue weighted by atomic mass is 10.1. The second-order valence-corrected chi connectivity index (χ2v) is 12.2. The van der Waals surface area contributed by atoms with Crippen LogP contribution in [0.15, 0.2) is 36.9 Å². The van der Waals surface area contributed by atoms with E-state index >= 15 is 0 Å². The number of halogens is 3. The van der Waals surface area contributed by atoms with Crippen LogP contribution >= 0.6 is 7.44 Å². The Morgan fingerprint density at radius 1 is 1.15 bits per heavy atom. The van der Waals surface area contributed by atoms with Gasteiger partial charge in [-0.25, -0.2) is 25.1 Å². The van der Waals surface area contributed by atoms with Crippen molar-refractivity contribution in [3.63, 3.8) is 0 Å². The van der Waals surface area contributed by atoms with Crippen molar-refractivity contribution in [2.24, 2.45) is 0 Å². The van der Waals surface area contributed by atoms with Gasteiger partial charge in [0, 0.05) is 6.04 Å². The minimum absolute atomic E-state index is 0.199. The molecule has 2 aromatic heterocycles. The van der Waals surface area contributed by atoms with Gasteiger partial charge in [-0.05, 0) is 51.8 Å². The maximum atomic E-state index is 14.2. The van der Waals surface area contributed by atoms with Crippen molar-refractivity contribution in [3.8, 4) is 0 Å². The average Bonchev–Trinajstić information content (AvgIpc) is 3.29. The number of hydrogen-bond acceptors (Lipinski definition) is 8. The summed E-state index contributed by atoms with van der Waals surface area (Å²) in [5.41, 5.74) is 5.12. The number of nitrogen functional groups attached to an aromatic ring is 1. The maximum absolute atomic E-state index is 14.2. The first-order valence-electron chi connectivity index (χ1n) is 12.7. The van der Waals surface area contributed by atoms with Gasteiger partial charge >= 0.3 is 12.1 Å². The van der Waals surface area contributed by atoms with Gasteiger partial charge in [-0.3, -0.25) is 9.36 Å². The molecular weight excluding hydrogens is 550 g/mol. The van der Waals surface area contributed by atoms with Crippen molar-refractivity contribution in [1.29, 1.82) is 0 Å². The van der Waals surface area contributed by atoms with E-state index in [1.807, 2.05) is 6.92 Å². The number of hydrogen-bond donors (Lipinski definition) is 3. The molecule has 40 heavy (non-hydrogen) atoms. The fraction of sp³-hybridized carbons (Fsp3) is 0.520. The van der Waals surface area contributed by atoms with Gasteiger partial charge in [0.05, 0.1) is 31.1 Å². The van der Waals surface area contributed by atoms with E-state index in [9.17, 15) is 22.5 Å². The number of esters is 1. The number of nitrogens with one attached hydrogen (secondary N) is 2. The number of carbonyl (C=O) groups is 1. The number of benzene rings is 1. The highest BCUT2D eigenvalue weighted by Crippen LogP contribution is 2.42. The first kappa shape index (κ1) is 31.5. The van der Waals surface area contributed by atoms with Crippen molar-refractivity contribution < 1.29 is 32.0 Å². The van der Waals surface area contributed by atoms with Gasteiger partial charge in [0.25, 0.3) is 0 Å². The van der Waals surface area contributed by atoms with Gasteiger partial charge in [-0.2, -0.15) is 13.2 Å². The summed E-state index contributed by atoms with van der Waals surface area (Å²) in [5.74, 6) is -0.363. The standard InChI is InChI=1S/C25H35F3N7O4P/c1-6-11-38-23(36)24(4,5)34-40(37,33-17(3)18-7-9-19(10-8-18)25(26,27)28)15-39-16(2)12-35-14-32-20-21(29)30-13-31-22(20)35/h7-10,13-14,16-17H,6,11-12,15H2,1-5H3,(H2,29,30,31)(H2,33,34,37). The van der Waals surface area contributed by atoms with Crippen molar-refractivity contribution >= 4 is 30.4 Å². The highest BCUT2D eigenvalue weighted by Gasteiger charge is 2.38. The van der Waals surface area contributed by atoms with Crippen LogP contribution in [0.4, 0.5) is 19.0 Å². The number of anilines is 1. The Labute approximate surface area is 230 Å². The molecule has 3 atom stereocenters. The third-order valence-electron chi connectivity index (χ3n) is 5.97. The van der Waals surface area contributed by atoms with Crippen LogP contribution in [0.3, 0.4) is 0 Å². The zero-order valence-electron chi connectivity index (χ0n) is 23.0. The molecule has 3 aromatic rings. The first-order valence-corrected chi connectivity index (χ1v) is 14.6. The quantitative estimate of drug-likeness (QED) is 0.191. The van der Waals surface area contributed by atoms with Gasteiger partial charge < -0.3 is 19.8 Å². The van der Waals surface area contributed by atoms with Crippen molar-refractivity contribution in [1.82, 2.24) is 29.7 Å². The van der Waals surface area contributed by atoms with Gasteiger partial charge in [-0.15, -0.1) is 0 Å². The molecule has 11 nitrogen and oxygen atoms in total. The smallest absolute Gasteiger partial charge is 0.416 e. The van der Waals surface area contributed by atoms with Crippen LogP contribution < -0.4 is 15.9 Å². The Morgan fingerprint density at radius 2 is 1.82 bits per heavy atom. The van der Waals surface area contributed by atoms with E-state index in [0.29, 0.717) is 29.7 Å². The van der Waals surface area contributed by atoms with E-state index in [4.69, 9.17) is 15.2 Å². The van der Waals surface area contributed by atoms with Crippen molar-refractivity contribution in [3.05, 3.63) is 48.0 Å². The number of imidazole rings is 1. The van der Waals surface area contributed by atoms with E-state index in [-0.39, 0.29) is 18.8 Å². The molecule has 0 aliphatic heterocycles. The lowest BCUT2D eigenvalue weighted by Crippen LogP contribution is -2.49. The summed E-state index contributed by atoms with van der Waals surface area (Å²) in [6.07, 6.45) is -1.81. The van der Waals surface area contributed by atoms with E-state index in [0.717, 1.165) is 12.1 Å². The number of nitrogens with zero attached hydrogens (tertiary/aromatic N) is 4. The topological polar surface area (TPSA) is 146 Å². The summed E-state index contributed by atoms with van der Waals surface area (Å²) in [7, 11) is -3.71. The summed E-state index contributed by atoms with van der Waals surface area (Å²) in [6.45, 7) is 8.84. The molecule has 220 valence electrons. The van der Waals surface area contributed by atoms with Crippen LogP contribution in [0, 0.1) is 0 Å². The highest BCUT2D eigenvalue weighted by molar-refractivity contribution is 7.59. The van der Waals surface area contributed by atoms with E-state index in [1.165, 1.54) is 32.3 Å². The van der Waals surface area contributed by atoms with Gasteiger partial charge in [0.15, 0.2) is 11.5 Å². The molecule has 0 amide bonds. The number of fused-ring (bicyclic) bond motifs is 1. The molecule has 0 spiro atoms. The summed E-state index contributed by atoms with van der Waals surface area (Å²) >= 11 is 0. The third kappa shape index (κ3) is 8.00. The average molecular weight is 586 g/mol. The van der Waals surface area contributed by atoms with E-state index in [2.05, 4.69) is 25.1 Å². The normalized spacial score (nSPS) is 15.5. The van der Waals surface area contributed by atoms with Crippen LogP contribution in [-0.4, -0.2) is 50.1 Å². The molecule has 2 heterocycles. The number of carbonyl (C=O) groups excluding carboxylic acids is 1. The molecule has 0 saturated heterocycles. The number of alkyl halides is 3. The van der Waals surface area contributed by atoms with Crippen LogP contribution in [0.5, 0.6) is 0 Å². The molecule has 15 heteroatoms. The number of nitrogens with two attached hydrogens (primary N) is 1. The van der Waals surface area contributed by atoms with Gasteiger partial charge in [0.2, 0.25) is 7.44 Å². The Bertz CT molecular complexity index is 1350. The fourth-order valence-corrected chi connectivity index (χ4v) is 6.35. The fourth-order valence-electron chi connectivity index (χ4n) is 3.92. The Hall–Kier alpha value is -3.06. The summed E-state index contributed by atoms with van der Waals surface area (Å²) in [5, 5.41) is 5.84. The van der Waals surface area contributed by atoms with Crippen molar-refractivity contribution in [2.45, 2.75) is 71.4 Å². The zero-order chi connectivity index (χ0) is 29.7. The monoisotopic (exact) mass is 585 g/mol. The molecule has 4 N–H and O–H groups in total. The maximum Gasteiger partial charge on any atom is 0.416 e. The predicted octanol–water partition coefficient (Wildman–Crippen LogP) is 4.66. The number of aromatic nitrogens is 4. The molecule has 3 unspecified atom stereocenters. The molecule has 0 saturated carbocycles. The van der Waals surface area contributed by atoms with E-state index in [1.54, 1.807) is 24.7 Å². The molecule has 3 rings (SSSR count). The number of rotatable bonds is 13. The number of ether oxygens (including phenoxy) is 2. The Kier molecular flexibility index (Phi) is 9.94. The lowest BCUT2D eigenvalue weighted by molar-refractivity contribution is -0.149. The van der Waals surface area contributed by atoms with Gasteiger partial charge in [-0.1, -0.05) is 19.1 Å². The highest BCUT2D eigenvalue weighted by atomic mass is 31.2. The van der Waals surface area contributed by atoms with Gasteiger partial charge in [0.1, 0.15) is 23.7 Å². The summed E-state index contributed by atoms with van der Waals surface area (Å²) in [6, 6.07) is 3.89. The molecule has 0 fully saturated rings. The second-order valence-electron chi connectivity index (χ2n) is 10.0. The van der Waals surface area contributed by atoms with Crippen LogP contribution in [0.1, 0.15) is 58.2 Å². The van der Waals surface area contributed by atoms with Crippen LogP contribution in [0.2, 0.25) is 0 Å². The zero-order valence-corrected chi connectivity index (χ0v) is 23.9. The lowest BCUT2D eigenvalue weighted by Gasteiger charge is -2.33.